The summed E-state index contributed by atoms with van der Waals surface area (Å²) in [6, 6.07) is 8.92. The van der Waals surface area contributed by atoms with Crippen LogP contribution in [0, 0.1) is 12.8 Å². The lowest BCUT2D eigenvalue weighted by Gasteiger charge is -2.40. The number of aryl methyl sites for hydroxylation is 3. The van der Waals surface area contributed by atoms with Gasteiger partial charge in [-0.25, -0.2) is 9.78 Å². The lowest BCUT2D eigenvalue weighted by Crippen LogP contribution is -2.60. The number of benzene rings is 2. The highest BCUT2D eigenvalue weighted by Crippen LogP contribution is 2.39. The molecule has 0 bridgehead atoms. The lowest BCUT2D eigenvalue weighted by molar-refractivity contribution is -0.293. The number of aliphatic hydroxyl groups is 3. The molecule has 0 amide bonds. The second-order valence-electron chi connectivity index (χ2n) is 14.6. The number of carboxylic acid groups (broad SMARTS) is 1. The molecule has 2 aromatic heterocycles. The molecule has 310 valence electrons. The van der Waals surface area contributed by atoms with Crippen molar-refractivity contribution in [3.8, 4) is 5.75 Å². The normalized spacial score (nSPS) is 20.4. The third-order valence-electron chi connectivity index (χ3n) is 9.31. The fraction of sp³-hybridized carbons (Fsp3) is 0.526. The number of hydrogen-bond donors (Lipinski definition) is 4. The van der Waals surface area contributed by atoms with Crippen LogP contribution in [0.2, 0.25) is 10.0 Å². The van der Waals surface area contributed by atoms with E-state index in [4.69, 9.17) is 51.9 Å². The first kappa shape index (κ1) is 43.8. The van der Waals surface area contributed by atoms with E-state index in [0.29, 0.717) is 30.9 Å². The summed E-state index contributed by atoms with van der Waals surface area (Å²) in [4.78, 5) is 42.1. The summed E-state index contributed by atoms with van der Waals surface area (Å²) in [5, 5.41) is 48.5. The number of aliphatic hydroxyl groups excluding tert-OH is 3. The molecular weight excluding hydrogens is 789 g/mol. The van der Waals surface area contributed by atoms with Gasteiger partial charge in [-0.1, -0.05) is 40.5 Å². The first-order valence-corrected chi connectivity index (χ1v) is 19.0. The van der Waals surface area contributed by atoms with Crippen LogP contribution in [0.1, 0.15) is 67.5 Å². The van der Waals surface area contributed by atoms with Gasteiger partial charge in [-0.05, 0) is 70.7 Å². The van der Waals surface area contributed by atoms with Gasteiger partial charge < -0.3 is 48.7 Å². The van der Waals surface area contributed by atoms with Crippen molar-refractivity contribution >= 4 is 52.1 Å². The Bertz CT molecular complexity index is 2050. The Morgan fingerprint density at radius 2 is 1.82 bits per heavy atom. The maximum atomic E-state index is 13.3. The molecule has 0 spiro atoms. The van der Waals surface area contributed by atoms with Crippen LogP contribution in [0.3, 0.4) is 0 Å². The molecular formula is C38H47Cl2N5O12. The molecule has 3 heterocycles. The zero-order chi connectivity index (χ0) is 41.6. The van der Waals surface area contributed by atoms with Gasteiger partial charge >= 0.3 is 17.9 Å². The number of halogens is 2. The molecule has 0 aliphatic carbocycles. The molecule has 5 rings (SSSR count). The average Bonchev–Trinajstić information content (AvgIpc) is 3.76. The highest BCUT2D eigenvalue weighted by molar-refractivity contribution is 6.38. The third-order valence-corrected chi connectivity index (χ3v) is 10.0. The standard InChI is InChI=1S/C38H47Cl2N5O12/c1-20-23(36(52)56-34-32(49)31(48)27(18-46)55-37(34)53-5)16-24(39)33(30(20)40)54-19-28-41-25-10-6-7-11-26(25)45(28)13-8-9-22-17-44(43-42-22)14-12-21(35(50)51)15-29(47)57-38(2,3)4/h6-7,10-11,16-17,21,27,31-32,34,37,46,48-49H,8-9,12-15,18-19H2,1-5H3,(H,50,51)/t21-,27-,31-,32+,34-,37+/m1/s1. The Kier molecular flexibility index (Phi) is 14.5. The minimum absolute atomic E-state index is 0.00641. The van der Waals surface area contributed by atoms with Crippen molar-refractivity contribution in [2.75, 3.05) is 13.7 Å². The Balaban J connectivity index is 1.22. The summed E-state index contributed by atoms with van der Waals surface area (Å²) in [6.45, 7) is 6.91. The van der Waals surface area contributed by atoms with E-state index >= 15 is 0 Å². The maximum Gasteiger partial charge on any atom is 0.339 e. The van der Waals surface area contributed by atoms with Crippen LogP contribution in [0.25, 0.3) is 11.0 Å². The van der Waals surface area contributed by atoms with Crippen molar-refractivity contribution in [2.24, 2.45) is 5.92 Å². The van der Waals surface area contributed by atoms with Crippen LogP contribution in [0.4, 0.5) is 0 Å². The number of imidazole rings is 1. The number of hydrogen-bond acceptors (Lipinski definition) is 14. The molecule has 57 heavy (non-hydrogen) atoms. The van der Waals surface area contributed by atoms with Crippen LogP contribution < -0.4 is 4.74 Å². The van der Waals surface area contributed by atoms with Crippen LogP contribution >= 0.6 is 23.2 Å². The molecule has 17 nitrogen and oxygen atoms in total. The fourth-order valence-electron chi connectivity index (χ4n) is 6.38. The second-order valence-corrected chi connectivity index (χ2v) is 15.4. The van der Waals surface area contributed by atoms with E-state index < -0.39 is 66.7 Å². The van der Waals surface area contributed by atoms with E-state index in [0.717, 1.165) is 11.0 Å². The molecule has 0 saturated carbocycles. The monoisotopic (exact) mass is 835 g/mol. The van der Waals surface area contributed by atoms with Crippen LogP contribution in [-0.4, -0.2) is 113 Å². The number of esters is 2. The van der Waals surface area contributed by atoms with E-state index in [1.807, 2.05) is 28.8 Å². The number of aromatic nitrogens is 5. The first-order valence-electron chi connectivity index (χ1n) is 18.3. The summed E-state index contributed by atoms with van der Waals surface area (Å²) >= 11 is 13.3. The topological polar surface area (TPSA) is 227 Å². The number of para-hydroxylation sites is 2. The van der Waals surface area contributed by atoms with E-state index in [-0.39, 0.29) is 52.9 Å². The van der Waals surface area contributed by atoms with Gasteiger partial charge in [0.25, 0.3) is 0 Å². The van der Waals surface area contributed by atoms with E-state index in [2.05, 4.69) is 10.3 Å². The molecule has 4 aromatic rings. The number of carboxylic acids is 1. The molecule has 6 atom stereocenters. The summed E-state index contributed by atoms with van der Waals surface area (Å²) in [5.74, 6) is -2.82. The van der Waals surface area contributed by atoms with E-state index in [1.54, 1.807) is 38.6 Å². The zero-order valence-electron chi connectivity index (χ0n) is 32.1. The molecule has 1 fully saturated rings. The Morgan fingerprint density at radius 1 is 1.09 bits per heavy atom. The lowest BCUT2D eigenvalue weighted by atomic mass is 9.99. The largest absolute Gasteiger partial charge is 0.483 e. The first-order chi connectivity index (χ1) is 27.0. The summed E-state index contributed by atoms with van der Waals surface area (Å²) < 4.78 is 31.1. The van der Waals surface area contributed by atoms with Gasteiger partial charge in [-0.3, -0.25) is 14.3 Å². The number of fused-ring (bicyclic) bond motifs is 1. The van der Waals surface area contributed by atoms with Crippen molar-refractivity contribution in [3.63, 3.8) is 0 Å². The number of carbonyl (C=O) groups is 3. The molecule has 1 aliphatic heterocycles. The van der Waals surface area contributed by atoms with Crippen molar-refractivity contribution in [3.05, 3.63) is 69.2 Å². The highest BCUT2D eigenvalue weighted by Gasteiger charge is 2.47. The highest BCUT2D eigenvalue weighted by atomic mass is 35.5. The molecule has 2 aromatic carbocycles. The summed E-state index contributed by atoms with van der Waals surface area (Å²) in [7, 11) is 1.26. The average molecular weight is 837 g/mol. The minimum atomic E-state index is -1.62. The Labute approximate surface area is 338 Å². The maximum absolute atomic E-state index is 13.3. The molecule has 0 radical (unpaired) electrons. The van der Waals surface area contributed by atoms with Crippen LogP contribution in [-0.2, 0) is 54.7 Å². The smallest absolute Gasteiger partial charge is 0.339 e. The predicted octanol–water partition coefficient (Wildman–Crippen LogP) is 3.89. The quantitative estimate of drug-likeness (QED) is 0.111. The van der Waals surface area contributed by atoms with Gasteiger partial charge in [0.2, 0.25) is 0 Å². The molecule has 0 unspecified atom stereocenters. The SMILES string of the molecule is CO[C@H]1O[C@H](CO)[C@@H](O)[C@H](O)[C@H]1OC(=O)c1cc(Cl)c(OCc2nc3ccccc3n2CCCc2cn(CC[C@H](CC(=O)OC(C)(C)C)C(=O)O)nn2)c(Cl)c1C. The summed E-state index contributed by atoms with van der Waals surface area (Å²) in [5.41, 5.74) is 1.86. The number of ether oxygens (including phenoxy) is 5. The molecule has 1 saturated heterocycles. The van der Waals surface area contributed by atoms with Gasteiger partial charge in [0.15, 0.2) is 18.1 Å². The van der Waals surface area contributed by atoms with Gasteiger partial charge in [0, 0.05) is 26.4 Å². The van der Waals surface area contributed by atoms with Crippen molar-refractivity contribution in [2.45, 2.75) is 109 Å². The summed E-state index contributed by atoms with van der Waals surface area (Å²) in [6.07, 6.45) is -4.12. The van der Waals surface area contributed by atoms with Crippen LogP contribution in [0.5, 0.6) is 5.75 Å². The fourth-order valence-corrected chi connectivity index (χ4v) is 6.95. The van der Waals surface area contributed by atoms with Crippen molar-refractivity contribution < 1.29 is 58.5 Å². The number of carbonyl (C=O) groups excluding carboxylic acids is 2. The van der Waals surface area contributed by atoms with E-state index in [9.17, 15) is 34.8 Å². The zero-order valence-corrected chi connectivity index (χ0v) is 33.6. The van der Waals surface area contributed by atoms with E-state index in [1.165, 1.54) is 13.2 Å². The minimum Gasteiger partial charge on any atom is -0.483 e. The number of methoxy groups -OCH3 is 1. The molecule has 19 heteroatoms. The van der Waals surface area contributed by atoms with Gasteiger partial charge in [0.1, 0.15) is 36.3 Å². The van der Waals surface area contributed by atoms with Gasteiger partial charge in [-0.2, -0.15) is 0 Å². The molecule has 4 N–H and O–H groups in total. The number of nitrogens with zero attached hydrogens (tertiary/aromatic N) is 5. The van der Waals surface area contributed by atoms with Gasteiger partial charge in [0.05, 0.1) is 51.3 Å². The molecule has 1 aliphatic rings. The van der Waals surface area contributed by atoms with Crippen molar-refractivity contribution in [1.82, 2.24) is 24.5 Å². The van der Waals surface area contributed by atoms with Crippen molar-refractivity contribution in [1.29, 1.82) is 0 Å². The Hall–Kier alpha value is -4.36. The predicted molar refractivity (Wildman–Crippen MR) is 204 cm³/mol. The number of aliphatic carboxylic acids is 1. The number of rotatable bonds is 17. The third kappa shape index (κ3) is 10.8. The second kappa shape index (κ2) is 18.9. The van der Waals surface area contributed by atoms with Crippen LogP contribution in [0.15, 0.2) is 36.5 Å². The van der Waals surface area contributed by atoms with Gasteiger partial charge in [-0.15, -0.1) is 5.10 Å². The Morgan fingerprint density at radius 3 is 2.51 bits per heavy atom.